The molecule has 2 aliphatic rings. The van der Waals surface area contributed by atoms with Gasteiger partial charge in [0.1, 0.15) is 11.1 Å². The maximum atomic E-state index is 10.6. The van der Waals surface area contributed by atoms with Crippen LogP contribution in [-0.2, 0) is 22.6 Å². The van der Waals surface area contributed by atoms with E-state index in [0.717, 1.165) is 30.0 Å². The molecule has 6 unspecified atom stereocenters. The number of ether oxygens (including phenoxy) is 2. The van der Waals surface area contributed by atoms with Crippen molar-refractivity contribution in [2.24, 2.45) is 17.3 Å². The van der Waals surface area contributed by atoms with Crippen LogP contribution in [0.5, 0.6) is 0 Å². The summed E-state index contributed by atoms with van der Waals surface area (Å²) in [4.78, 5) is 4.31. The van der Waals surface area contributed by atoms with Crippen LogP contribution in [-0.4, -0.2) is 81.8 Å². The highest BCUT2D eigenvalue weighted by molar-refractivity contribution is 7.99. The van der Waals surface area contributed by atoms with E-state index in [4.69, 9.17) is 9.47 Å². The van der Waals surface area contributed by atoms with Gasteiger partial charge < -0.3 is 29.9 Å². The lowest BCUT2D eigenvalue weighted by Crippen LogP contribution is -2.61. The Morgan fingerprint density at radius 2 is 1.94 bits per heavy atom. The molecule has 0 bridgehead atoms. The Kier molecular flexibility index (Phi) is 8.11. The molecule has 1 aliphatic heterocycles. The van der Waals surface area contributed by atoms with Gasteiger partial charge in [-0.15, -0.1) is 16.9 Å². The van der Waals surface area contributed by atoms with Gasteiger partial charge in [-0.1, -0.05) is 25.1 Å². The fourth-order valence-corrected chi connectivity index (χ4v) is 7.11. The van der Waals surface area contributed by atoms with Crippen molar-refractivity contribution in [1.82, 2.24) is 20.0 Å². The lowest BCUT2D eigenvalue weighted by molar-refractivity contribution is -0.355. The molecule has 2 aromatic heterocycles. The molecule has 1 aliphatic carbocycles. The van der Waals surface area contributed by atoms with Gasteiger partial charge in [0.15, 0.2) is 5.79 Å². The number of pyridine rings is 1. The van der Waals surface area contributed by atoms with Crippen molar-refractivity contribution in [3.63, 3.8) is 0 Å². The Morgan fingerprint density at radius 3 is 2.64 bits per heavy atom. The van der Waals surface area contributed by atoms with Gasteiger partial charge in [0.2, 0.25) is 0 Å². The van der Waals surface area contributed by atoms with E-state index < -0.39 is 41.9 Å². The summed E-state index contributed by atoms with van der Waals surface area (Å²) in [6.07, 6.45) is 3.02. The normalized spacial score (nSPS) is 30.3. The third-order valence-corrected chi connectivity index (χ3v) is 8.30. The van der Waals surface area contributed by atoms with Gasteiger partial charge in [-0.05, 0) is 50.0 Å². The summed E-state index contributed by atoms with van der Waals surface area (Å²) in [7, 11) is 0. The zero-order chi connectivity index (χ0) is 26.1. The summed E-state index contributed by atoms with van der Waals surface area (Å²) in [6.45, 7) is 9.00. The van der Waals surface area contributed by atoms with E-state index in [-0.39, 0.29) is 11.0 Å². The molecule has 200 valence electrons. The highest BCUT2D eigenvalue weighted by Gasteiger charge is 2.70. The van der Waals surface area contributed by atoms with Crippen molar-refractivity contribution in [2.75, 3.05) is 12.4 Å². The van der Waals surface area contributed by atoms with Crippen molar-refractivity contribution in [3.8, 4) is 0 Å². The van der Waals surface area contributed by atoms with Crippen molar-refractivity contribution in [2.45, 2.75) is 82.7 Å². The third-order valence-electron chi connectivity index (χ3n) is 7.15. The second kappa shape index (κ2) is 10.6. The molecule has 4 rings (SSSR count). The summed E-state index contributed by atoms with van der Waals surface area (Å²) in [5.41, 5.74) is 0.852. The van der Waals surface area contributed by atoms with Gasteiger partial charge in [-0.25, -0.2) is 4.68 Å². The topological polar surface area (TPSA) is 143 Å². The van der Waals surface area contributed by atoms with Gasteiger partial charge in [0.25, 0.3) is 0 Å². The van der Waals surface area contributed by atoms with E-state index in [1.54, 1.807) is 10.9 Å². The molecule has 4 N–H and O–H groups in total. The quantitative estimate of drug-likeness (QED) is 0.324. The van der Waals surface area contributed by atoms with Crippen LogP contribution in [0.25, 0.3) is 0 Å². The van der Waals surface area contributed by atoms with Crippen LogP contribution in [0.15, 0.2) is 30.6 Å². The van der Waals surface area contributed by atoms with Crippen LogP contribution < -0.4 is 0 Å². The molecule has 6 atom stereocenters. The summed E-state index contributed by atoms with van der Waals surface area (Å²) in [5.74, 6) is -2.39. The first-order valence-electron chi connectivity index (χ1n) is 12.4. The summed E-state index contributed by atoms with van der Waals surface area (Å²) in [5, 5.41) is 48.9. The van der Waals surface area contributed by atoms with Crippen molar-refractivity contribution < 1.29 is 29.9 Å². The van der Waals surface area contributed by atoms with Crippen LogP contribution in [0.3, 0.4) is 0 Å². The van der Waals surface area contributed by atoms with Crippen LogP contribution in [0, 0.1) is 17.3 Å². The van der Waals surface area contributed by atoms with Crippen LogP contribution in [0.4, 0.5) is 0 Å². The van der Waals surface area contributed by atoms with Crippen LogP contribution >= 0.6 is 11.8 Å². The van der Waals surface area contributed by atoms with Gasteiger partial charge in [0, 0.05) is 6.20 Å². The van der Waals surface area contributed by atoms with E-state index in [1.807, 2.05) is 24.4 Å². The zero-order valence-corrected chi connectivity index (χ0v) is 22.1. The third kappa shape index (κ3) is 5.93. The molecule has 2 fully saturated rings. The molecule has 10 nitrogen and oxygen atoms in total. The molecule has 1 saturated carbocycles. The Balaban J connectivity index is 1.21. The van der Waals surface area contributed by atoms with Gasteiger partial charge in [-0.2, -0.15) is 0 Å². The Morgan fingerprint density at radius 1 is 1.17 bits per heavy atom. The highest BCUT2D eigenvalue weighted by Crippen LogP contribution is 2.56. The maximum absolute atomic E-state index is 10.6. The molecule has 0 spiro atoms. The average Bonchev–Trinajstić information content (AvgIpc) is 3.29. The van der Waals surface area contributed by atoms with Gasteiger partial charge >= 0.3 is 0 Å². The molecule has 1 saturated heterocycles. The summed E-state index contributed by atoms with van der Waals surface area (Å²) in [6, 6.07) is 5.77. The summed E-state index contributed by atoms with van der Waals surface area (Å²) < 4.78 is 13.6. The summed E-state index contributed by atoms with van der Waals surface area (Å²) >= 11 is 1.52. The average molecular weight is 523 g/mol. The number of aromatic nitrogens is 4. The van der Waals surface area contributed by atoms with Gasteiger partial charge in [0.05, 0.1) is 61.3 Å². The molecule has 3 heterocycles. The maximum Gasteiger partial charge on any atom is 0.183 e. The first-order chi connectivity index (χ1) is 16.9. The van der Waals surface area contributed by atoms with Gasteiger partial charge in [-0.3, -0.25) is 4.98 Å². The zero-order valence-electron chi connectivity index (χ0n) is 21.3. The lowest BCUT2D eigenvalue weighted by atomic mass is 9.79. The molecule has 0 radical (unpaired) electrons. The molecule has 0 aromatic carbocycles. The fraction of sp³-hybridized carbons (Fsp3) is 0.720. The van der Waals surface area contributed by atoms with Crippen molar-refractivity contribution in [3.05, 3.63) is 42.0 Å². The fourth-order valence-electron chi connectivity index (χ4n) is 5.42. The number of hydrogen-bond donors (Lipinski definition) is 4. The number of thioether (sulfide) groups is 1. The molecular formula is C25H38N4O6S. The minimum Gasteiger partial charge on any atom is -0.396 e. The first-order valence-corrected chi connectivity index (χ1v) is 13.4. The number of rotatable bonds is 12. The van der Waals surface area contributed by atoms with Crippen LogP contribution in [0.2, 0.25) is 0 Å². The molecule has 2 aromatic rings. The second-order valence-electron chi connectivity index (χ2n) is 11.3. The molecule has 36 heavy (non-hydrogen) atoms. The largest absolute Gasteiger partial charge is 0.396 e. The number of hydrogen-bond acceptors (Lipinski definition) is 10. The minimum absolute atomic E-state index is 0.0332. The highest BCUT2D eigenvalue weighted by atomic mass is 32.2. The SMILES string of the molecule is CC(C)(CCSC1OC2(O)C(CO)C(O)C(O)C12)CC(C)(C)OCc1cn(Cc2ccccn2)nn1. The first kappa shape index (κ1) is 27.4. The standard InChI is InChI=1S/C25H38N4O6S/c1-23(2,8-10-36-22-19-21(32)20(31)18(13-30)25(19,33)35-22)15-24(3,4)34-14-17-12-29(28-27-17)11-16-7-5-6-9-26-16/h5-7,9,12,18-22,30-33H,8,10-11,13-15H2,1-4H3. The predicted octanol–water partition coefficient (Wildman–Crippen LogP) is 1.56. The Bertz CT molecular complexity index is 1010. The second-order valence-corrected chi connectivity index (χ2v) is 12.5. The van der Waals surface area contributed by atoms with E-state index in [9.17, 15) is 20.4 Å². The Hall–Kier alpha value is -1.60. The monoisotopic (exact) mass is 522 g/mol. The smallest absolute Gasteiger partial charge is 0.183 e. The van der Waals surface area contributed by atoms with Crippen molar-refractivity contribution >= 4 is 11.8 Å². The van der Waals surface area contributed by atoms with E-state index in [0.29, 0.717) is 13.2 Å². The number of fused-ring (bicyclic) bond motifs is 1. The molecule has 11 heteroatoms. The minimum atomic E-state index is -1.66. The lowest BCUT2D eigenvalue weighted by Gasteiger charge is -2.49. The number of aliphatic hydroxyl groups is 4. The Labute approximate surface area is 216 Å². The molecule has 0 amide bonds. The number of nitrogens with zero attached hydrogens (tertiary/aromatic N) is 4. The van der Waals surface area contributed by atoms with Crippen molar-refractivity contribution in [1.29, 1.82) is 0 Å². The molecular weight excluding hydrogens is 484 g/mol. The number of aliphatic hydroxyl groups excluding tert-OH is 3. The van der Waals surface area contributed by atoms with E-state index in [2.05, 4.69) is 43.0 Å². The van der Waals surface area contributed by atoms with Crippen LogP contribution in [0.1, 0.15) is 51.9 Å². The predicted molar refractivity (Wildman–Crippen MR) is 134 cm³/mol. The van der Waals surface area contributed by atoms with E-state index >= 15 is 0 Å². The van der Waals surface area contributed by atoms with E-state index in [1.165, 1.54) is 11.8 Å².